The van der Waals surface area contributed by atoms with Gasteiger partial charge in [-0.2, -0.15) is 0 Å². The summed E-state index contributed by atoms with van der Waals surface area (Å²) < 4.78 is 5.00. The van der Waals surface area contributed by atoms with E-state index in [4.69, 9.17) is 17.0 Å². The van der Waals surface area contributed by atoms with Gasteiger partial charge in [0.15, 0.2) is 5.11 Å². The zero-order valence-electron chi connectivity index (χ0n) is 16.7. The lowest BCUT2D eigenvalue weighted by atomic mass is 10.2. The molecule has 29 heavy (non-hydrogen) atoms. The minimum atomic E-state index is -0.306. The maximum Gasteiger partial charge on any atom is 0.338 e. The molecule has 1 aliphatic heterocycles. The van der Waals surface area contributed by atoms with Crippen molar-refractivity contribution < 1.29 is 9.53 Å². The SMILES string of the molecule is CCOC(=O)c1ccc(NC(=S)N2CCN(C/C=C/c3ccccc3)CC2)cc1. The Morgan fingerprint density at radius 1 is 1.07 bits per heavy atom. The van der Waals surface area contributed by atoms with Crippen molar-refractivity contribution >= 4 is 35.1 Å². The topological polar surface area (TPSA) is 44.8 Å². The van der Waals surface area contributed by atoms with E-state index in [0.717, 1.165) is 38.4 Å². The van der Waals surface area contributed by atoms with Crippen molar-refractivity contribution in [2.75, 3.05) is 44.6 Å². The fourth-order valence-corrected chi connectivity index (χ4v) is 3.44. The fraction of sp³-hybridized carbons (Fsp3) is 0.304. The van der Waals surface area contributed by atoms with Crippen LogP contribution in [0.1, 0.15) is 22.8 Å². The van der Waals surface area contributed by atoms with Crippen molar-refractivity contribution in [3.8, 4) is 0 Å². The zero-order valence-corrected chi connectivity index (χ0v) is 17.5. The molecule has 152 valence electrons. The van der Waals surface area contributed by atoms with Gasteiger partial charge < -0.3 is 15.0 Å². The van der Waals surface area contributed by atoms with E-state index in [1.165, 1.54) is 5.56 Å². The molecule has 0 spiro atoms. The highest BCUT2D eigenvalue weighted by atomic mass is 32.1. The lowest BCUT2D eigenvalue weighted by Crippen LogP contribution is -2.49. The van der Waals surface area contributed by atoms with Crippen LogP contribution in [0.5, 0.6) is 0 Å². The summed E-state index contributed by atoms with van der Waals surface area (Å²) in [6.07, 6.45) is 4.38. The van der Waals surface area contributed by atoms with Crippen LogP contribution < -0.4 is 5.32 Å². The standard InChI is InChI=1S/C23H27N3O2S/c1-2-28-22(27)20-10-12-21(13-11-20)24-23(29)26-17-15-25(16-18-26)14-6-9-19-7-4-3-5-8-19/h3-13H,2,14-18H2,1H3,(H,24,29)/b9-6+. The first-order chi connectivity index (χ1) is 14.2. The summed E-state index contributed by atoms with van der Waals surface area (Å²) in [5.41, 5.74) is 2.64. The predicted molar refractivity (Wildman–Crippen MR) is 122 cm³/mol. The Bertz CT molecular complexity index is 829. The number of carbonyl (C=O) groups is 1. The van der Waals surface area contributed by atoms with Gasteiger partial charge in [0.2, 0.25) is 0 Å². The van der Waals surface area contributed by atoms with Crippen LogP contribution in [-0.4, -0.2) is 60.2 Å². The summed E-state index contributed by atoms with van der Waals surface area (Å²) >= 11 is 5.56. The van der Waals surface area contributed by atoms with Gasteiger partial charge in [-0.05, 0) is 49.0 Å². The van der Waals surface area contributed by atoms with Crippen molar-refractivity contribution in [2.24, 2.45) is 0 Å². The van der Waals surface area contributed by atoms with E-state index >= 15 is 0 Å². The number of anilines is 1. The third-order valence-corrected chi connectivity index (χ3v) is 5.14. The van der Waals surface area contributed by atoms with Gasteiger partial charge in [0.1, 0.15) is 0 Å². The van der Waals surface area contributed by atoms with E-state index in [0.29, 0.717) is 17.3 Å². The van der Waals surface area contributed by atoms with Gasteiger partial charge in [-0.25, -0.2) is 4.79 Å². The molecule has 1 saturated heterocycles. The van der Waals surface area contributed by atoms with E-state index in [-0.39, 0.29) is 5.97 Å². The Morgan fingerprint density at radius 3 is 2.41 bits per heavy atom. The van der Waals surface area contributed by atoms with Gasteiger partial charge in [-0.15, -0.1) is 0 Å². The minimum Gasteiger partial charge on any atom is -0.462 e. The summed E-state index contributed by atoms with van der Waals surface area (Å²) in [5, 5.41) is 3.98. The number of nitrogens with zero attached hydrogens (tertiary/aromatic N) is 2. The van der Waals surface area contributed by atoms with Gasteiger partial charge in [0.05, 0.1) is 12.2 Å². The smallest absolute Gasteiger partial charge is 0.338 e. The van der Waals surface area contributed by atoms with Crippen LogP contribution in [0.25, 0.3) is 6.08 Å². The molecule has 2 aromatic carbocycles. The van der Waals surface area contributed by atoms with E-state index in [1.807, 2.05) is 18.2 Å². The van der Waals surface area contributed by atoms with E-state index in [1.54, 1.807) is 19.1 Å². The molecule has 0 atom stereocenters. The Balaban J connectivity index is 1.43. The highest BCUT2D eigenvalue weighted by molar-refractivity contribution is 7.80. The summed E-state index contributed by atoms with van der Waals surface area (Å²) in [5.74, 6) is -0.306. The van der Waals surface area contributed by atoms with Gasteiger partial charge in [0.25, 0.3) is 0 Å². The Hall–Kier alpha value is -2.70. The van der Waals surface area contributed by atoms with E-state index in [9.17, 15) is 4.79 Å². The Morgan fingerprint density at radius 2 is 1.76 bits per heavy atom. The number of nitrogens with one attached hydrogen (secondary N) is 1. The summed E-state index contributed by atoms with van der Waals surface area (Å²) in [7, 11) is 0. The van der Waals surface area contributed by atoms with E-state index < -0.39 is 0 Å². The average molecular weight is 410 g/mol. The maximum atomic E-state index is 11.7. The average Bonchev–Trinajstić information content (AvgIpc) is 2.75. The van der Waals surface area contributed by atoms with Crippen LogP contribution in [0, 0.1) is 0 Å². The highest BCUT2D eigenvalue weighted by Gasteiger charge is 2.18. The molecule has 0 aromatic heterocycles. The number of piperazine rings is 1. The molecular weight excluding hydrogens is 382 g/mol. The number of ether oxygens (including phenoxy) is 1. The number of benzene rings is 2. The van der Waals surface area contributed by atoms with E-state index in [2.05, 4.69) is 51.5 Å². The summed E-state index contributed by atoms with van der Waals surface area (Å²) in [6.45, 7) is 6.85. The van der Waals surface area contributed by atoms with Crippen LogP contribution in [0.2, 0.25) is 0 Å². The molecule has 3 rings (SSSR count). The lowest BCUT2D eigenvalue weighted by Gasteiger charge is -2.35. The molecule has 0 radical (unpaired) electrons. The predicted octanol–water partition coefficient (Wildman–Crippen LogP) is 3.89. The quantitative estimate of drug-likeness (QED) is 0.577. The third kappa shape index (κ3) is 6.41. The molecule has 0 saturated carbocycles. The van der Waals surface area contributed by atoms with Crippen molar-refractivity contribution in [1.82, 2.24) is 9.80 Å². The molecule has 2 aromatic rings. The Kier molecular flexibility index (Phi) is 7.78. The molecule has 0 aliphatic carbocycles. The van der Waals surface area contributed by atoms with Crippen molar-refractivity contribution in [2.45, 2.75) is 6.92 Å². The summed E-state index contributed by atoms with van der Waals surface area (Å²) in [4.78, 5) is 16.3. The third-order valence-electron chi connectivity index (χ3n) is 4.78. The minimum absolute atomic E-state index is 0.306. The molecule has 1 N–H and O–H groups in total. The van der Waals surface area contributed by atoms with Crippen LogP contribution in [0.15, 0.2) is 60.7 Å². The molecule has 0 amide bonds. The first-order valence-electron chi connectivity index (χ1n) is 9.93. The largest absolute Gasteiger partial charge is 0.462 e. The molecule has 5 nitrogen and oxygen atoms in total. The number of esters is 1. The number of thiocarbonyl (C=S) groups is 1. The number of rotatable bonds is 6. The monoisotopic (exact) mass is 409 g/mol. The number of carbonyl (C=O) groups excluding carboxylic acids is 1. The van der Waals surface area contributed by atoms with Gasteiger partial charge in [-0.3, -0.25) is 4.90 Å². The van der Waals surface area contributed by atoms with Crippen LogP contribution in [-0.2, 0) is 4.74 Å². The van der Waals surface area contributed by atoms with Crippen LogP contribution in [0.4, 0.5) is 5.69 Å². The molecule has 1 aliphatic rings. The van der Waals surface area contributed by atoms with Gasteiger partial charge in [-0.1, -0.05) is 42.5 Å². The summed E-state index contributed by atoms with van der Waals surface area (Å²) in [6, 6.07) is 17.6. The zero-order chi connectivity index (χ0) is 20.5. The van der Waals surface area contributed by atoms with Crippen LogP contribution >= 0.6 is 12.2 Å². The highest BCUT2D eigenvalue weighted by Crippen LogP contribution is 2.13. The first-order valence-corrected chi connectivity index (χ1v) is 10.3. The Labute approximate surface area is 178 Å². The normalized spacial score (nSPS) is 14.7. The second-order valence-electron chi connectivity index (χ2n) is 6.83. The second kappa shape index (κ2) is 10.7. The van der Waals surface area contributed by atoms with Gasteiger partial charge in [0, 0.05) is 38.4 Å². The molecule has 1 fully saturated rings. The second-order valence-corrected chi connectivity index (χ2v) is 7.22. The van der Waals surface area contributed by atoms with Crippen molar-refractivity contribution in [1.29, 1.82) is 0 Å². The number of hydrogen-bond acceptors (Lipinski definition) is 4. The van der Waals surface area contributed by atoms with Gasteiger partial charge >= 0.3 is 5.97 Å². The maximum absolute atomic E-state index is 11.7. The molecule has 0 bridgehead atoms. The van der Waals surface area contributed by atoms with Crippen molar-refractivity contribution in [3.05, 3.63) is 71.8 Å². The molecule has 0 unspecified atom stereocenters. The molecule has 6 heteroatoms. The fourth-order valence-electron chi connectivity index (χ4n) is 3.14. The van der Waals surface area contributed by atoms with Crippen LogP contribution in [0.3, 0.4) is 0 Å². The molecule has 1 heterocycles. The lowest BCUT2D eigenvalue weighted by molar-refractivity contribution is 0.0526. The van der Waals surface area contributed by atoms with Crippen molar-refractivity contribution in [3.63, 3.8) is 0 Å². The number of hydrogen-bond donors (Lipinski definition) is 1. The molecular formula is C23H27N3O2S. The first kappa shape index (κ1) is 21.0.